The van der Waals surface area contributed by atoms with Crippen LogP contribution in [0, 0.1) is 0 Å². The van der Waals surface area contributed by atoms with E-state index in [2.05, 4.69) is 14.7 Å². The van der Waals surface area contributed by atoms with Gasteiger partial charge in [-0.1, -0.05) is 6.92 Å². The average Bonchev–Trinajstić information content (AvgIpc) is 2.88. The van der Waals surface area contributed by atoms with Gasteiger partial charge in [0.05, 0.1) is 18.3 Å². The highest BCUT2D eigenvalue weighted by Gasteiger charge is 2.29. The first-order valence-corrected chi connectivity index (χ1v) is 7.19. The van der Waals surface area contributed by atoms with E-state index in [9.17, 15) is 8.42 Å². The maximum Gasteiger partial charge on any atom is 0.257 e. The van der Waals surface area contributed by atoms with Gasteiger partial charge in [-0.15, -0.1) is 0 Å². The third kappa shape index (κ3) is 2.67. The molecule has 1 aromatic rings. The second-order valence-electron chi connectivity index (χ2n) is 4.14. The molecule has 17 heavy (non-hydrogen) atoms. The van der Waals surface area contributed by atoms with E-state index in [4.69, 9.17) is 4.74 Å². The van der Waals surface area contributed by atoms with E-state index < -0.39 is 10.0 Å². The maximum atomic E-state index is 12.0. The molecule has 96 valence electrons. The first kappa shape index (κ1) is 12.5. The van der Waals surface area contributed by atoms with Crippen molar-refractivity contribution < 1.29 is 13.2 Å². The van der Waals surface area contributed by atoms with Crippen molar-refractivity contribution in [3.63, 3.8) is 0 Å². The topological polar surface area (TPSA) is 84.1 Å². The standard InChI is InChI=1S/C10H17N3O3S/c1-3-9-11-6-10(12-9)17(14,15)13-8-4-5-16-7(8)2/h6-8,13H,3-5H2,1-2H3,(H,11,12). The molecule has 7 heteroatoms. The second-order valence-corrected chi connectivity index (χ2v) is 5.82. The molecular formula is C10H17N3O3S. The zero-order valence-corrected chi connectivity index (χ0v) is 10.8. The average molecular weight is 259 g/mol. The highest BCUT2D eigenvalue weighted by molar-refractivity contribution is 7.89. The van der Waals surface area contributed by atoms with Gasteiger partial charge in [0.15, 0.2) is 5.03 Å². The Morgan fingerprint density at radius 3 is 2.94 bits per heavy atom. The van der Waals surface area contributed by atoms with E-state index in [0.29, 0.717) is 25.3 Å². The van der Waals surface area contributed by atoms with Gasteiger partial charge in [-0.05, 0) is 13.3 Å². The molecule has 6 nitrogen and oxygen atoms in total. The van der Waals surface area contributed by atoms with E-state index in [1.807, 2.05) is 13.8 Å². The third-order valence-electron chi connectivity index (χ3n) is 2.91. The number of hydrogen-bond donors (Lipinski definition) is 2. The van der Waals surface area contributed by atoms with Gasteiger partial charge in [-0.25, -0.2) is 18.1 Å². The number of rotatable bonds is 4. The normalized spacial score (nSPS) is 25.3. The van der Waals surface area contributed by atoms with Crippen LogP contribution in [0.4, 0.5) is 0 Å². The van der Waals surface area contributed by atoms with Crippen LogP contribution in [0.25, 0.3) is 0 Å². The van der Waals surface area contributed by atoms with Crippen LogP contribution >= 0.6 is 0 Å². The molecule has 1 aromatic heterocycles. The predicted octanol–water partition coefficient (Wildman–Crippen LogP) is 0.428. The lowest BCUT2D eigenvalue weighted by molar-refractivity contribution is 0.117. The summed E-state index contributed by atoms with van der Waals surface area (Å²) in [6.45, 7) is 4.37. The van der Waals surface area contributed by atoms with E-state index in [-0.39, 0.29) is 17.2 Å². The van der Waals surface area contributed by atoms with Crippen molar-refractivity contribution in [3.05, 3.63) is 12.0 Å². The number of H-pyrrole nitrogens is 1. The Hall–Kier alpha value is -0.920. The molecule has 2 atom stereocenters. The number of nitrogens with one attached hydrogen (secondary N) is 2. The smallest absolute Gasteiger partial charge is 0.257 e. The predicted molar refractivity (Wildman–Crippen MR) is 62.1 cm³/mol. The molecule has 2 rings (SSSR count). The van der Waals surface area contributed by atoms with Crippen molar-refractivity contribution in [3.8, 4) is 0 Å². The van der Waals surface area contributed by atoms with Crippen molar-refractivity contribution >= 4 is 10.0 Å². The van der Waals surface area contributed by atoms with Crippen LogP contribution in [0.15, 0.2) is 11.2 Å². The number of hydrogen-bond acceptors (Lipinski definition) is 4. The van der Waals surface area contributed by atoms with Crippen molar-refractivity contribution in [2.24, 2.45) is 0 Å². The molecule has 2 N–H and O–H groups in total. The summed E-state index contributed by atoms with van der Waals surface area (Å²) in [6, 6.07) is -0.159. The summed E-state index contributed by atoms with van der Waals surface area (Å²) in [6.07, 6.45) is 2.65. The van der Waals surface area contributed by atoms with Crippen LogP contribution in [0.3, 0.4) is 0 Å². The van der Waals surface area contributed by atoms with E-state index >= 15 is 0 Å². The van der Waals surface area contributed by atoms with Crippen molar-refractivity contribution in [2.75, 3.05) is 6.61 Å². The molecule has 0 spiro atoms. The Labute approximate surface area is 101 Å². The van der Waals surface area contributed by atoms with Gasteiger partial charge in [0.2, 0.25) is 0 Å². The van der Waals surface area contributed by atoms with Gasteiger partial charge >= 0.3 is 0 Å². The Balaban J connectivity index is 2.13. The molecule has 2 unspecified atom stereocenters. The minimum absolute atomic E-state index is 0.0849. The number of aryl methyl sites for hydroxylation is 1. The van der Waals surface area contributed by atoms with E-state index in [1.54, 1.807) is 0 Å². The summed E-state index contributed by atoms with van der Waals surface area (Å²) in [5.41, 5.74) is 0. The third-order valence-corrected chi connectivity index (χ3v) is 4.31. The molecule has 0 aliphatic carbocycles. The SMILES string of the molecule is CCc1ncc(S(=O)(=O)NC2CCOC2C)[nH]1. The maximum absolute atomic E-state index is 12.0. The Morgan fingerprint density at radius 1 is 1.65 bits per heavy atom. The Bertz CT molecular complexity index is 483. The van der Waals surface area contributed by atoms with Gasteiger partial charge in [-0.2, -0.15) is 0 Å². The van der Waals surface area contributed by atoms with E-state index in [1.165, 1.54) is 6.20 Å². The molecule has 0 saturated carbocycles. The molecule has 0 radical (unpaired) electrons. The summed E-state index contributed by atoms with van der Waals surface area (Å²) >= 11 is 0. The lowest BCUT2D eigenvalue weighted by Gasteiger charge is -2.15. The first-order chi connectivity index (χ1) is 8.03. The summed E-state index contributed by atoms with van der Waals surface area (Å²) in [4.78, 5) is 6.78. The van der Waals surface area contributed by atoms with Crippen LogP contribution in [-0.2, 0) is 21.2 Å². The number of imidazole rings is 1. The molecule has 0 bridgehead atoms. The number of aromatic nitrogens is 2. The van der Waals surface area contributed by atoms with Crippen molar-refractivity contribution in [1.29, 1.82) is 0 Å². The van der Waals surface area contributed by atoms with Gasteiger partial charge in [0, 0.05) is 13.0 Å². The molecule has 0 amide bonds. The quantitative estimate of drug-likeness (QED) is 0.821. The summed E-state index contributed by atoms with van der Waals surface area (Å²) < 4.78 is 32.0. The van der Waals surface area contributed by atoms with Crippen LogP contribution in [0.1, 0.15) is 26.1 Å². The van der Waals surface area contributed by atoms with Crippen LogP contribution in [0.5, 0.6) is 0 Å². The summed E-state index contributed by atoms with van der Waals surface area (Å²) in [7, 11) is -3.51. The largest absolute Gasteiger partial charge is 0.377 e. The second kappa shape index (κ2) is 4.75. The Kier molecular flexibility index (Phi) is 3.50. The highest BCUT2D eigenvalue weighted by Crippen LogP contribution is 2.16. The zero-order chi connectivity index (χ0) is 12.5. The highest BCUT2D eigenvalue weighted by atomic mass is 32.2. The summed E-state index contributed by atoms with van der Waals surface area (Å²) in [5.74, 6) is 0.668. The fourth-order valence-corrected chi connectivity index (χ4v) is 3.09. The molecule has 1 saturated heterocycles. The van der Waals surface area contributed by atoms with Crippen LogP contribution < -0.4 is 4.72 Å². The fraction of sp³-hybridized carbons (Fsp3) is 0.700. The van der Waals surface area contributed by atoms with Gasteiger partial charge in [0.25, 0.3) is 10.0 Å². The lowest BCUT2D eigenvalue weighted by Crippen LogP contribution is -2.39. The lowest BCUT2D eigenvalue weighted by atomic mass is 10.2. The van der Waals surface area contributed by atoms with E-state index in [0.717, 1.165) is 0 Å². The minimum atomic E-state index is -3.51. The molecule has 0 aromatic carbocycles. The number of nitrogens with zero attached hydrogens (tertiary/aromatic N) is 1. The molecule has 1 fully saturated rings. The molecule has 1 aliphatic heterocycles. The first-order valence-electron chi connectivity index (χ1n) is 5.70. The van der Waals surface area contributed by atoms with Gasteiger partial charge < -0.3 is 9.72 Å². The minimum Gasteiger partial charge on any atom is -0.377 e. The number of sulfonamides is 1. The van der Waals surface area contributed by atoms with Gasteiger partial charge in [0.1, 0.15) is 5.82 Å². The zero-order valence-electron chi connectivity index (χ0n) is 9.93. The monoisotopic (exact) mass is 259 g/mol. The molecule has 1 aliphatic rings. The van der Waals surface area contributed by atoms with Crippen molar-refractivity contribution in [2.45, 2.75) is 43.9 Å². The number of aromatic amines is 1. The van der Waals surface area contributed by atoms with Gasteiger partial charge in [-0.3, -0.25) is 0 Å². The Morgan fingerprint density at radius 2 is 2.41 bits per heavy atom. The molecule has 2 heterocycles. The number of ether oxygens (including phenoxy) is 1. The van der Waals surface area contributed by atoms with Crippen LogP contribution in [0.2, 0.25) is 0 Å². The molecular weight excluding hydrogens is 242 g/mol. The van der Waals surface area contributed by atoms with Crippen LogP contribution in [-0.4, -0.2) is 37.1 Å². The van der Waals surface area contributed by atoms with Crippen molar-refractivity contribution in [1.82, 2.24) is 14.7 Å². The summed E-state index contributed by atoms with van der Waals surface area (Å²) in [5, 5.41) is 0.119. The fourth-order valence-electron chi connectivity index (χ4n) is 1.81.